The van der Waals surface area contributed by atoms with Crippen molar-refractivity contribution in [3.05, 3.63) is 59.9 Å². The zero-order chi connectivity index (χ0) is 15.8. The van der Waals surface area contributed by atoms with Crippen LogP contribution in [0.25, 0.3) is 0 Å². The SMILES string of the molecule is O=C(NCc1cccnc1)C(=O)N/N=C/c1ccc(O)cc1. The summed E-state index contributed by atoms with van der Waals surface area (Å²) >= 11 is 0. The number of amides is 2. The van der Waals surface area contributed by atoms with E-state index in [1.54, 1.807) is 36.7 Å². The van der Waals surface area contributed by atoms with Crippen molar-refractivity contribution in [2.75, 3.05) is 0 Å². The lowest BCUT2D eigenvalue weighted by molar-refractivity contribution is -0.139. The summed E-state index contributed by atoms with van der Waals surface area (Å²) in [4.78, 5) is 27.0. The summed E-state index contributed by atoms with van der Waals surface area (Å²) < 4.78 is 0. The lowest BCUT2D eigenvalue weighted by atomic mass is 10.2. The number of hydrogen-bond acceptors (Lipinski definition) is 5. The van der Waals surface area contributed by atoms with Crippen LogP contribution in [0.2, 0.25) is 0 Å². The first kappa shape index (κ1) is 15.2. The predicted octanol–water partition coefficient (Wildman–Crippen LogP) is 0.554. The first-order chi connectivity index (χ1) is 10.6. The average molecular weight is 298 g/mol. The van der Waals surface area contributed by atoms with E-state index in [2.05, 4.69) is 20.8 Å². The highest BCUT2D eigenvalue weighted by Gasteiger charge is 2.11. The molecule has 0 radical (unpaired) electrons. The van der Waals surface area contributed by atoms with E-state index in [9.17, 15) is 9.59 Å². The number of carbonyl (C=O) groups is 2. The van der Waals surface area contributed by atoms with Crippen LogP contribution in [0.1, 0.15) is 11.1 Å². The summed E-state index contributed by atoms with van der Waals surface area (Å²) in [6.07, 6.45) is 4.59. The van der Waals surface area contributed by atoms with Gasteiger partial charge in [0.1, 0.15) is 5.75 Å². The maximum atomic E-state index is 11.6. The summed E-state index contributed by atoms with van der Waals surface area (Å²) in [5.41, 5.74) is 3.59. The van der Waals surface area contributed by atoms with Crippen LogP contribution < -0.4 is 10.7 Å². The van der Waals surface area contributed by atoms with Crippen molar-refractivity contribution < 1.29 is 14.7 Å². The van der Waals surface area contributed by atoms with E-state index in [-0.39, 0.29) is 12.3 Å². The minimum Gasteiger partial charge on any atom is -0.508 e. The molecule has 112 valence electrons. The van der Waals surface area contributed by atoms with Crippen LogP contribution >= 0.6 is 0 Å². The number of rotatable bonds is 4. The average Bonchev–Trinajstić information content (AvgIpc) is 2.55. The van der Waals surface area contributed by atoms with Crippen LogP contribution in [0.3, 0.4) is 0 Å². The van der Waals surface area contributed by atoms with Gasteiger partial charge in [0, 0.05) is 18.9 Å². The number of pyridine rings is 1. The van der Waals surface area contributed by atoms with Gasteiger partial charge in [-0.2, -0.15) is 5.10 Å². The smallest absolute Gasteiger partial charge is 0.329 e. The van der Waals surface area contributed by atoms with Crippen molar-refractivity contribution >= 4 is 18.0 Å². The van der Waals surface area contributed by atoms with Crippen LogP contribution in [-0.4, -0.2) is 28.1 Å². The normalized spacial score (nSPS) is 10.4. The third-order valence-corrected chi connectivity index (χ3v) is 2.65. The van der Waals surface area contributed by atoms with E-state index in [4.69, 9.17) is 5.11 Å². The number of phenols is 1. The van der Waals surface area contributed by atoms with Gasteiger partial charge in [0.25, 0.3) is 0 Å². The van der Waals surface area contributed by atoms with E-state index < -0.39 is 11.8 Å². The topological polar surface area (TPSA) is 104 Å². The first-order valence-electron chi connectivity index (χ1n) is 6.44. The molecule has 0 fully saturated rings. The van der Waals surface area contributed by atoms with E-state index in [1.807, 2.05) is 0 Å². The molecule has 2 rings (SSSR count). The molecule has 1 heterocycles. The van der Waals surface area contributed by atoms with Crippen molar-refractivity contribution in [2.24, 2.45) is 5.10 Å². The minimum atomic E-state index is -0.862. The molecule has 3 N–H and O–H groups in total. The number of aromatic hydroxyl groups is 1. The molecule has 0 saturated carbocycles. The lowest BCUT2D eigenvalue weighted by Gasteiger charge is -2.03. The Morgan fingerprint density at radius 3 is 2.64 bits per heavy atom. The number of aromatic nitrogens is 1. The first-order valence-corrected chi connectivity index (χ1v) is 6.44. The van der Waals surface area contributed by atoms with Crippen LogP contribution in [0.15, 0.2) is 53.9 Å². The molecular formula is C15H14N4O3. The van der Waals surface area contributed by atoms with Crippen molar-refractivity contribution in [2.45, 2.75) is 6.54 Å². The van der Waals surface area contributed by atoms with Crippen LogP contribution in [0.5, 0.6) is 5.75 Å². The van der Waals surface area contributed by atoms with E-state index in [0.717, 1.165) is 5.56 Å². The van der Waals surface area contributed by atoms with Crippen molar-refractivity contribution in [1.29, 1.82) is 0 Å². The summed E-state index contributed by atoms with van der Waals surface area (Å²) in [5.74, 6) is -1.51. The molecule has 2 aromatic rings. The van der Waals surface area contributed by atoms with Gasteiger partial charge in [-0.05, 0) is 41.5 Å². The summed E-state index contributed by atoms with van der Waals surface area (Å²) in [6, 6.07) is 9.74. The summed E-state index contributed by atoms with van der Waals surface area (Å²) in [6.45, 7) is 0.210. The van der Waals surface area contributed by atoms with Gasteiger partial charge in [0.15, 0.2) is 0 Å². The van der Waals surface area contributed by atoms with Crippen molar-refractivity contribution in [3.8, 4) is 5.75 Å². The highest BCUT2D eigenvalue weighted by molar-refractivity contribution is 6.35. The fourth-order valence-electron chi connectivity index (χ4n) is 1.54. The zero-order valence-electron chi connectivity index (χ0n) is 11.6. The van der Waals surface area contributed by atoms with E-state index >= 15 is 0 Å². The maximum absolute atomic E-state index is 11.6. The van der Waals surface area contributed by atoms with E-state index in [0.29, 0.717) is 5.56 Å². The second-order valence-electron chi connectivity index (χ2n) is 4.33. The predicted molar refractivity (Wildman–Crippen MR) is 79.9 cm³/mol. The van der Waals surface area contributed by atoms with Gasteiger partial charge in [0.05, 0.1) is 6.21 Å². The molecule has 7 nitrogen and oxygen atoms in total. The largest absolute Gasteiger partial charge is 0.508 e. The molecule has 7 heteroatoms. The second-order valence-corrected chi connectivity index (χ2v) is 4.33. The number of nitrogens with zero attached hydrogens (tertiary/aromatic N) is 2. The Labute approximate surface area is 126 Å². The molecule has 0 aliphatic rings. The number of hydrazone groups is 1. The Bertz CT molecular complexity index is 669. The van der Waals surface area contributed by atoms with Gasteiger partial charge in [0.2, 0.25) is 0 Å². The molecule has 22 heavy (non-hydrogen) atoms. The molecule has 2 amide bonds. The van der Waals surface area contributed by atoms with Crippen LogP contribution in [0.4, 0.5) is 0 Å². The van der Waals surface area contributed by atoms with E-state index in [1.165, 1.54) is 18.3 Å². The monoisotopic (exact) mass is 298 g/mol. The molecule has 0 spiro atoms. The molecule has 0 atom stereocenters. The van der Waals surface area contributed by atoms with Gasteiger partial charge in [-0.15, -0.1) is 0 Å². The third-order valence-electron chi connectivity index (χ3n) is 2.65. The molecule has 1 aromatic heterocycles. The molecule has 0 bridgehead atoms. The molecule has 0 aliphatic heterocycles. The Morgan fingerprint density at radius 1 is 1.18 bits per heavy atom. The highest BCUT2D eigenvalue weighted by atomic mass is 16.3. The quantitative estimate of drug-likeness (QED) is 0.435. The molecule has 0 unspecified atom stereocenters. The molecule has 0 saturated heterocycles. The van der Waals surface area contributed by atoms with Crippen LogP contribution in [0, 0.1) is 0 Å². The van der Waals surface area contributed by atoms with Gasteiger partial charge in [-0.3, -0.25) is 14.6 Å². The van der Waals surface area contributed by atoms with Gasteiger partial charge >= 0.3 is 11.8 Å². The maximum Gasteiger partial charge on any atom is 0.329 e. The number of carbonyl (C=O) groups excluding carboxylic acids is 2. The zero-order valence-corrected chi connectivity index (χ0v) is 11.6. The fourth-order valence-corrected chi connectivity index (χ4v) is 1.54. The van der Waals surface area contributed by atoms with Crippen molar-refractivity contribution in [1.82, 2.24) is 15.7 Å². The standard InChI is InChI=1S/C15H14N4O3/c20-13-5-3-11(4-6-13)10-18-19-15(22)14(21)17-9-12-2-1-7-16-8-12/h1-8,10,20H,9H2,(H,17,21)(H,19,22)/b18-10+. The molecule has 1 aromatic carbocycles. The van der Waals surface area contributed by atoms with Gasteiger partial charge in [-0.25, -0.2) is 5.43 Å². The summed E-state index contributed by atoms with van der Waals surface area (Å²) in [7, 11) is 0. The highest BCUT2D eigenvalue weighted by Crippen LogP contribution is 2.07. The lowest BCUT2D eigenvalue weighted by Crippen LogP contribution is -2.37. The Hall–Kier alpha value is -3.22. The number of hydrogen-bond donors (Lipinski definition) is 3. The second kappa shape index (κ2) is 7.53. The molecular weight excluding hydrogens is 284 g/mol. The Balaban J connectivity index is 1.79. The fraction of sp³-hybridized carbons (Fsp3) is 0.0667. The van der Waals surface area contributed by atoms with Gasteiger partial charge < -0.3 is 10.4 Å². The number of phenolic OH excluding ortho intramolecular Hbond substituents is 1. The third kappa shape index (κ3) is 4.71. The van der Waals surface area contributed by atoms with Crippen molar-refractivity contribution in [3.63, 3.8) is 0 Å². The summed E-state index contributed by atoms with van der Waals surface area (Å²) in [5, 5.41) is 15.2. The Kier molecular flexibility index (Phi) is 5.20. The Morgan fingerprint density at radius 2 is 1.95 bits per heavy atom. The van der Waals surface area contributed by atoms with Gasteiger partial charge in [-0.1, -0.05) is 6.07 Å². The van der Waals surface area contributed by atoms with Crippen LogP contribution in [-0.2, 0) is 16.1 Å². The number of nitrogens with one attached hydrogen (secondary N) is 2. The molecule has 0 aliphatic carbocycles. The number of benzene rings is 1. The minimum absolute atomic E-state index is 0.135.